The number of rotatable bonds is 1. The molecule has 1 unspecified atom stereocenters. The van der Waals surface area contributed by atoms with E-state index in [2.05, 4.69) is 22.8 Å². The lowest BCUT2D eigenvalue weighted by Crippen LogP contribution is -2.60. The molecule has 140 valence electrons. The van der Waals surface area contributed by atoms with Gasteiger partial charge in [-0.15, -0.1) is 0 Å². The normalized spacial score (nSPS) is 38.8. The lowest BCUT2D eigenvalue weighted by atomic mass is 9.90. The Morgan fingerprint density at radius 2 is 2.00 bits per heavy atom. The van der Waals surface area contributed by atoms with Crippen molar-refractivity contribution in [2.45, 2.75) is 68.9 Å². The van der Waals surface area contributed by atoms with Crippen LogP contribution in [0.2, 0.25) is 0 Å². The van der Waals surface area contributed by atoms with Crippen LogP contribution in [-0.4, -0.2) is 52.8 Å². The molecule has 7 nitrogen and oxygen atoms in total. The van der Waals surface area contributed by atoms with Crippen molar-refractivity contribution in [3.05, 3.63) is 12.2 Å². The molecule has 0 aromatic heterocycles. The predicted octanol–water partition coefficient (Wildman–Crippen LogP) is 2.29. The summed E-state index contributed by atoms with van der Waals surface area (Å²) in [5, 5.41) is 16.5. The van der Waals surface area contributed by atoms with E-state index in [1.165, 1.54) is 0 Å². The van der Waals surface area contributed by atoms with Crippen LogP contribution in [0.25, 0.3) is 0 Å². The monoisotopic (exact) mass is 370 g/mol. The summed E-state index contributed by atoms with van der Waals surface area (Å²) in [5.41, 5.74) is 0. The highest BCUT2D eigenvalue weighted by atomic mass is 32.2. The van der Waals surface area contributed by atoms with E-state index in [4.69, 9.17) is 9.47 Å². The molecule has 3 N–H and O–H groups in total. The minimum atomic E-state index is -1.47. The van der Waals surface area contributed by atoms with Gasteiger partial charge in [-0.25, -0.2) is 4.79 Å². The third kappa shape index (κ3) is 5.12. The Labute approximate surface area is 151 Å². The molecule has 2 saturated heterocycles. The largest absolute Gasteiger partial charge is 0.450 e. The molecule has 3 rings (SSSR count). The number of carbonyl (C=O) groups excluding carboxylic acids is 2. The van der Waals surface area contributed by atoms with Gasteiger partial charge in [-0.2, -0.15) is 0 Å². The Kier molecular flexibility index (Phi) is 6.24. The van der Waals surface area contributed by atoms with Crippen molar-refractivity contribution in [1.29, 1.82) is 0 Å². The van der Waals surface area contributed by atoms with Crippen molar-refractivity contribution in [2.24, 2.45) is 0 Å². The van der Waals surface area contributed by atoms with Crippen LogP contribution >= 0.6 is 11.8 Å². The molecular formula is C17H26N2O5S. The maximum Gasteiger partial charge on any atom is 0.407 e. The van der Waals surface area contributed by atoms with Crippen LogP contribution in [0, 0.1) is 0 Å². The van der Waals surface area contributed by atoms with E-state index in [0.29, 0.717) is 18.8 Å². The number of hydrogen-bond donors (Lipinski definition) is 3. The van der Waals surface area contributed by atoms with E-state index in [1.54, 1.807) is 0 Å². The Morgan fingerprint density at radius 3 is 2.76 bits per heavy atom. The zero-order chi connectivity index (χ0) is 17.7. The molecule has 0 saturated carbocycles. The molecule has 2 bridgehead atoms. The van der Waals surface area contributed by atoms with Crippen molar-refractivity contribution in [3.8, 4) is 0 Å². The van der Waals surface area contributed by atoms with E-state index in [-0.39, 0.29) is 23.8 Å². The molecule has 0 aromatic carbocycles. The quantitative estimate of drug-likeness (QED) is 0.613. The second kappa shape index (κ2) is 8.42. The summed E-state index contributed by atoms with van der Waals surface area (Å²) in [6.45, 7) is 0.377. The van der Waals surface area contributed by atoms with E-state index in [9.17, 15) is 14.7 Å². The van der Waals surface area contributed by atoms with Crippen LogP contribution in [0.4, 0.5) is 9.59 Å². The van der Waals surface area contributed by atoms with E-state index in [1.807, 2.05) is 0 Å². The topological polar surface area (TPSA) is 96.9 Å². The number of amides is 2. The summed E-state index contributed by atoms with van der Waals surface area (Å²) in [6, 6.07) is -0.705. The molecule has 25 heavy (non-hydrogen) atoms. The number of carbonyl (C=O) groups is 2. The van der Waals surface area contributed by atoms with Crippen LogP contribution in [0.3, 0.4) is 0 Å². The number of aliphatic hydroxyl groups is 1. The molecule has 3 aliphatic heterocycles. The first-order chi connectivity index (χ1) is 12.0. The Hall–Kier alpha value is -1.25. The molecule has 8 heteroatoms. The van der Waals surface area contributed by atoms with Crippen LogP contribution in [-0.2, 0) is 9.47 Å². The van der Waals surface area contributed by atoms with Gasteiger partial charge in [-0.1, -0.05) is 23.9 Å². The summed E-state index contributed by atoms with van der Waals surface area (Å²) >= 11 is 1.14. The highest BCUT2D eigenvalue weighted by molar-refractivity contribution is 8.14. The third-order valence-electron chi connectivity index (χ3n) is 4.81. The molecule has 0 spiro atoms. The van der Waals surface area contributed by atoms with Gasteiger partial charge in [0.25, 0.3) is 5.24 Å². The van der Waals surface area contributed by atoms with Crippen LogP contribution in [0.5, 0.6) is 0 Å². The molecular weight excluding hydrogens is 344 g/mol. The number of cyclic esters (lactones) is 1. The summed E-state index contributed by atoms with van der Waals surface area (Å²) in [5.74, 6) is -1.01. The molecule has 0 radical (unpaired) electrons. The molecule has 0 aromatic rings. The smallest absolute Gasteiger partial charge is 0.407 e. The lowest BCUT2D eigenvalue weighted by molar-refractivity contribution is -0.269. The van der Waals surface area contributed by atoms with Crippen molar-refractivity contribution in [2.75, 3.05) is 12.4 Å². The number of nitrogens with one attached hydrogen (secondary N) is 2. The first-order valence-electron chi connectivity index (χ1n) is 8.97. The first kappa shape index (κ1) is 18.5. The number of alkyl carbamates (subject to hydrolysis) is 1. The van der Waals surface area contributed by atoms with Crippen LogP contribution < -0.4 is 10.6 Å². The number of fused-ring (bicyclic) bond motifs is 2. The molecule has 0 aliphatic carbocycles. The van der Waals surface area contributed by atoms with Gasteiger partial charge in [0, 0.05) is 18.2 Å². The number of thioether (sulfide) groups is 1. The molecule has 2 amide bonds. The SMILES string of the molecule is O=C1N[C@@H]2CC(CCC/C=C\CCCO1)O[C@@](O)([C@@H]1CSC(=O)N1)C2. The van der Waals surface area contributed by atoms with E-state index < -0.39 is 17.9 Å². The minimum Gasteiger partial charge on any atom is -0.450 e. The summed E-state index contributed by atoms with van der Waals surface area (Å²) in [6.07, 6.45) is 8.93. The average molecular weight is 370 g/mol. The summed E-state index contributed by atoms with van der Waals surface area (Å²) in [7, 11) is 0. The lowest BCUT2D eigenvalue weighted by Gasteiger charge is -2.44. The van der Waals surface area contributed by atoms with Gasteiger partial charge < -0.3 is 25.2 Å². The van der Waals surface area contributed by atoms with Crippen LogP contribution in [0.1, 0.15) is 44.9 Å². The van der Waals surface area contributed by atoms with Crippen LogP contribution in [0.15, 0.2) is 12.2 Å². The maximum absolute atomic E-state index is 12.0. The number of hydrogen-bond acceptors (Lipinski definition) is 6. The minimum absolute atomic E-state index is 0.152. The van der Waals surface area contributed by atoms with Gasteiger partial charge >= 0.3 is 6.09 Å². The predicted molar refractivity (Wildman–Crippen MR) is 94.3 cm³/mol. The number of allylic oxidation sites excluding steroid dienone is 2. The molecule has 3 aliphatic rings. The average Bonchev–Trinajstić information content (AvgIpc) is 2.99. The highest BCUT2D eigenvalue weighted by Crippen LogP contribution is 2.35. The van der Waals surface area contributed by atoms with Gasteiger partial charge in [0.15, 0.2) is 5.79 Å². The zero-order valence-electron chi connectivity index (χ0n) is 14.2. The van der Waals surface area contributed by atoms with Gasteiger partial charge in [0.2, 0.25) is 0 Å². The summed E-state index contributed by atoms with van der Waals surface area (Å²) in [4.78, 5) is 23.5. The third-order valence-corrected chi connectivity index (χ3v) is 5.69. The second-order valence-electron chi connectivity index (χ2n) is 6.84. The standard InChI is InChI=1S/C17H26N2O5S/c20-15-18-12-9-13(7-5-3-1-2-4-6-8-23-15)24-17(22,10-12)14-11-25-16(21)19-14/h1-2,12-14,22H,3-11H2,(H,18,20)(H,19,21)/b2-1-/t12-,13?,14+,17-/m1/s1. The molecule has 3 heterocycles. The molecule has 2 fully saturated rings. The van der Waals surface area contributed by atoms with Gasteiger partial charge in [0.1, 0.15) is 0 Å². The van der Waals surface area contributed by atoms with Gasteiger partial charge in [-0.05, 0) is 38.5 Å². The highest BCUT2D eigenvalue weighted by Gasteiger charge is 2.48. The fraction of sp³-hybridized carbons (Fsp3) is 0.765. The van der Waals surface area contributed by atoms with Gasteiger partial charge in [-0.3, -0.25) is 4.79 Å². The van der Waals surface area contributed by atoms with Crippen molar-refractivity contribution < 1.29 is 24.2 Å². The fourth-order valence-corrected chi connectivity index (χ4v) is 4.44. The van der Waals surface area contributed by atoms with Crippen molar-refractivity contribution in [3.63, 3.8) is 0 Å². The number of ether oxygens (including phenoxy) is 2. The zero-order valence-corrected chi connectivity index (χ0v) is 15.1. The van der Waals surface area contributed by atoms with Gasteiger partial charge in [0.05, 0.1) is 18.8 Å². The summed E-state index contributed by atoms with van der Waals surface area (Å²) < 4.78 is 11.2. The fourth-order valence-electron chi connectivity index (χ4n) is 3.55. The van der Waals surface area contributed by atoms with E-state index in [0.717, 1.165) is 43.9 Å². The first-order valence-corrected chi connectivity index (χ1v) is 9.95. The van der Waals surface area contributed by atoms with E-state index >= 15 is 0 Å². The Morgan fingerprint density at radius 1 is 1.20 bits per heavy atom. The Bertz CT molecular complexity index is 529. The molecule has 4 atom stereocenters. The second-order valence-corrected chi connectivity index (χ2v) is 7.83. The van der Waals surface area contributed by atoms with Crippen molar-refractivity contribution in [1.82, 2.24) is 10.6 Å². The van der Waals surface area contributed by atoms with Crippen molar-refractivity contribution >= 4 is 23.1 Å². The maximum atomic E-state index is 12.0. The Balaban J connectivity index is 1.70.